The summed E-state index contributed by atoms with van der Waals surface area (Å²) in [6, 6.07) is 1.52. The Morgan fingerprint density at radius 1 is 1.47 bits per heavy atom. The topological polar surface area (TPSA) is 63.5 Å². The van der Waals surface area contributed by atoms with Crippen molar-refractivity contribution in [3.8, 4) is 0 Å². The molecule has 100 valence electrons. The van der Waals surface area contributed by atoms with Crippen LogP contribution in [0.3, 0.4) is 0 Å². The first-order valence-corrected chi connectivity index (χ1v) is 5.51. The Balaban J connectivity index is 2.50. The van der Waals surface area contributed by atoms with Crippen LogP contribution in [0.4, 0.5) is 20.2 Å². The Hall–Kier alpha value is -2.31. The number of nitrogens with zero attached hydrogens (tertiary/aromatic N) is 2. The highest BCUT2D eigenvalue weighted by atomic mass is 19.1. The lowest BCUT2D eigenvalue weighted by Gasteiger charge is -2.17. The van der Waals surface area contributed by atoms with Crippen LogP contribution in [0, 0.1) is 27.7 Å². The number of anilines is 1. The normalized spacial score (nSPS) is 18.7. The van der Waals surface area contributed by atoms with Gasteiger partial charge in [0.1, 0.15) is 11.5 Å². The average Bonchev–Trinajstić information content (AvgIpc) is 2.70. The van der Waals surface area contributed by atoms with Gasteiger partial charge in [-0.05, 0) is 6.07 Å². The fourth-order valence-corrected chi connectivity index (χ4v) is 2.03. The quantitative estimate of drug-likeness (QED) is 0.480. The number of hydrogen-bond donors (Lipinski definition) is 0. The van der Waals surface area contributed by atoms with Gasteiger partial charge in [-0.25, -0.2) is 4.39 Å². The van der Waals surface area contributed by atoms with E-state index in [9.17, 15) is 23.7 Å². The number of nitro benzene ring substituents is 1. The SMILES string of the molecule is C=CC1CC(=O)N(c2c(F)ccc([N+](=O)[O-])c2F)C1. The zero-order chi connectivity index (χ0) is 14.2. The molecule has 5 nitrogen and oxygen atoms in total. The molecule has 1 aromatic carbocycles. The lowest BCUT2D eigenvalue weighted by Crippen LogP contribution is -2.26. The molecular weight excluding hydrogens is 258 g/mol. The molecule has 1 amide bonds. The third-order valence-electron chi connectivity index (χ3n) is 3.00. The van der Waals surface area contributed by atoms with Gasteiger partial charge in [0, 0.05) is 24.9 Å². The van der Waals surface area contributed by atoms with E-state index in [0.29, 0.717) is 0 Å². The van der Waals surface area contributed by atoms with Crippen molar-refractivity contribution < 1.29 is 18.5 Å². The van der Waals surface area contributed by atoms with E-state index in [-0.39, 0.29) is 18.9 Å². The zero-order valence-corrected chi connectivity index (χ0v) is 9.81. The molecule has 2 rings (SSSR count). The van der Waals surface area contributed by atoms with Crippen LogP contribution >= 0.6 is 0 Å². The summed E-state index contributed by atoms with van der Waals surface area (Å²) in [4.78, 5) is 22.3. The van der Waals surface area contributed by atoms with E-state index in [1.807, 2.05) is 0 Å². The number of halogens is 2. The van der Waals surface area contributed by atoms with E-state index < -0.39 is 33.8 Å². The van der Waals surface area contributed by atoms with E-state index in [0.717, 1.165) is 17.0 Å². The van der Waals surface area contributed by atoms with Crippen LogP contribution in [-0.4, -0.2) is 17.4 Å². The highest BCUT2D eigenvalue weighted by Crippen LogP contribution is 2.34. The summed E-state index contributed by atoms with van der Waals surface area (Å²) in [6.07, 6.45) is 1.61. The summed E-state index contributed by atoms with van der Waals surface area (Å²) in [7, 11) is 0. The molecule has 0 N–H and O–H groups in total. The van der Waals surface area contributed by atoms with Crippen molar-refractivity contribution >= 4 is 17.3 Å². The van der Waals surface area contributed by atoms with Gasteiger partial charge in [-0.15, -0.1) is 6.58 Å². The Morgan fingerprint density at radius 3 is 2.68 bits per heavy atom. The molecule has 1 heterocycles. The molecule has 0 bridgehead atoms. The van der Waals surface area contributed by atoms with Crippen molar-refractivity contribution in [3.05, 3.63) is 46.5 Å². The monoisotopic (exact) mass is 268 g/mol. The summed E-state index contributed by atoms with van der Waals surface area (Å²) >= 11 is 0. The second kappa shape index (κ2) is 4.75. The summed E-state index contributed by atoms with van der Waals surface area (Å²) in [5.41, 5.74) is -1.52. The van der Waals surface area contributed by atoms with Crippen LogP contribution in [0.2, 0.25) is 0 Å². The molecule has 1 atom stereocenters. The fourth-order valence-electron chi connectivity index (χ4n) is 2.03. The van der Waals surface area contributed by atoms with Gasteiger partial charge in [0.2, 0.25) is 11.7 Å². The zero-order valence-electron chi connectivity index (χ0n) is 9.81. The maximum absolute atomic E-state index is 13.9. The number of carbonyl (C=O) groups excluding carboxylic acids is 1. The molecular formula is C12H10F2N2O3. The highest BCUT2D eigenvalue weighted by Gasteiger charge is 2.34. The highest BCUT2D eigenvalue weighted by molar-refractivity contribution is 5.96. The minimum absolute atomic E-state index is 0.0668. The number of amides is 1. The van der Waals surface area contributed by atoms with Gasteiger partial charge in [-0.3, -0.25) is 14.9 Å². The van der Waals surface area contributed by atoms with E-state index in [1.54, 1.807) is 0 Å². The Kier molecular flexibility index (Phi) is 3.28. The van der Waals surface area contributed by atoms with Gasteiger partial charge < -0.3 is 4.90 Å². The van der Waals surface area contributed by atoms with Gasteiger partial charge in [0.15, 0.2) is 0 Å². The van der Waals surface area contributed by atoms with Crippen LogP contribution in [-0.2, 0) is 4.79 Å². The van der Waals surface area contributed by atoms with Gasteiger partial charge in [-0.2, -0.15) is 4.39 Å². The number of rotatable bonds is 3. The lowest BCUT2D eigenvalue weighted by molar-refractivity contribution is -0.387. The molecule has 19 heavy (non-hydrogen) atoms. The third kappa shape index (κ3) is 2.18. The van der Waals surface area contributed by atoms with Crippen LogP contribution in [0.15, 0.2) is 24.8 Å². The molecule has 1 aromatic rings. The minimum Gasteiger partial charge on any atom is -0.306 e. The second-order valence-corrected chi connectivity index (χ2v) is 4.19. The fraction of sp³-hybridized carbons (Fsp3) is 0.250. The van der Waals surface area contributed by atoms with Crippen molar-refractivity contribution in [2.75, 3.05) is 11.4 Å². The number of nitro groups is 1. The van der Waals surface area contributed by atoms with E-state index in [1.165, 1.54) is 6.08 Å². The van der Waals surface area contributed by atoms with Gasteiger partial charge >= 0.3 is 5.69 Å². The molecule has 0 spiro atoms. The van der Waals surface area contributed by atoms with Crippen molar-refractivity contribution in [1.82, 2.24) is 0 Å². The molecule has 7 heteroatoms. The minimum atomic E-state index is -1.33. The number of carbonyl (C=O) groups is 1. The second-order valence-electron chi connectivity index (χ2n) is 4.19. The van der Waals surface area contributed by atoms with E-state index in [4.69, 9.17) is 0 Å². The number of hydrogen-bond acceptors (Lipinski definition) is 3. The molecule has 1 aliphatic heterocycles. The summed E-state index contributed by atoms with van der Waals surface area (Å²) in [5.74, 6) is -3.03. The molecule has 1 aliphatic rings. The molecule has 0 radical (unpaired) electrons. The van der Waals surface area contributed by atoms with Crippen molar-refractivity contribution in [3.63, 3.8) is 0 Å². The van der Waals surface area contributed by atoms with Gasteiger partial charge in [0.05, 0.1) is 4.92 Å². The Bertz CT molecular complexity index is 574. The first kappa shape index (κ1) is 13.1. The molecule has 1 saturated heterocycles. The number of benzene rings is 1. The molecule has 0 aliphatic carbocycles. The maximum atomic E-state index is 13.9. The standard InChI is InChI=1S/C12H10F2N2O3/c1-2-7-5-10(17)15(6-7)12-8(13)3-4-9(11(12)14)16(18)19/h2-4,7H,1,5-6H2. The van der Waals surface area contributed by atoms with Crippen molar-refractivity contribution in [2.24, 2.45) is 5.92 Å². The summed E-state index contributed by atoms with van der Waals surface area (Å²) in [5, 5.41) is 10.6. The Labute approximate surface area is 107 Å². The van der Waals surface area contributed by atoms with Crippen LogP contribution in [0.5, 0.6) is 0 Å². The van der Waals surface area contributed by atoms with Crippen molar-refractivity contribution in [1.29, 1.82) is 0 Å². The first-order valence-electron chi connectivity index (χ1n) is 5.51. The molecule has 0 saturated carbocycles. The van der Waals surface area contributed by atoms with E-state index >= 15 is 0 Å². The maximum Gasteiger partial charge on any atom is 0.307 e. The largest absolute Gasteiger partial charge is 0.307 e. The van der Waals surface area contributed by atoms with Crippen molar-refractivity contribution in [2.45, 2.75) is 6.42 Å². The first-order chi connectivity index (χ1) is 8.95. The van der Waals surface area contributed by atoms with Gasteiger partial charge in [-0.1, -0.05) is 6.08 Å². The van der Waals surface area contributed by atoms with Gasteiger partial charge in [0.25, 0.3) is 0 Å². The van der Waals surface area contributed by atoms with Crippen LogP contribution in [0.1, 0.15) is 6.42 Å². The predicted molar refractivity (Wildman–Crippen MR) is 63.7 cm³/mol. The molecule has 1 fully saturated rings. The summed E-state index contributed by atoms with van der Waals surface area (Å²) < 4.78 is 27.6. The lowest BCUT2D eigenvalue weighted by atomic mass is 10.1. The molecule has 0 aromatic heterocycles. The predicted octanol–water partition coefficient (Wildman–Crippen LogP) is 2.41. The van der Waals surface area contributed by atoms with Crippen LogP contribution in [0.25, 0.3) is 0 Å². The van der Waals surface area contributed by atoms with Crippen LogP contribution < -0.4 is 4.90 Å². The smallest absolute Gasteiger partial charge is 0.306 e. The Morgan fingerprint density at radius 2 is 2.16 bits per heavy atom. The third-order valence-corrected chi connectivity index (χ3v) is 3.00. The average molecular weight is 268 g/mol. The van der Waals surface area contributed by atoms with E-state index in [2.05, 4.69) is 6.58 Å². The molecule has 1 unspecified atom stereocenters. The summed E-state index contributed by atoms with van der Waals surface area (Å²) in [6.45, 7) is 3.59.